The van der Waals surface area contributed by atoms with Gasteiger partial charge in [0, 0.05) is 23.8 Å². The lowest BCUT2D eigenvalue weighted by Gasteiger charge is -2.32. The van der Waals surface area contributed by atoms with E-state index >= 15 is 0 Å². The zero-order chi connectivity index (χ0) is 32.3. The van der Waals surface area contributed by atoms with Crippen LogP contribution in [0.1, 0.15) is 77.6 Å². The van der Waals surface area contributed by atoms with Crippen molar-refractivity contribution in [1.29, 1.82) is 0 Å². The van der Waals surface area contributed by atoms with Crippen molar-refractivity contribution in [2.75, 3.05) is 5.32 Å². The molecule has 12 heteroatoms. The van der Waals surface area contributed by atoms with Crippen molar-refractivity contribution in [3.63, 3.8) is 0 Å². The second kappa shape index (κ2) is 13.3. The number of anilines is 1. The van der Waals surface area contributed by atoms with Crippen LogP contribution in [0.4, 0.5) is 14.9 Å². The number of halogens is 2. The third kappa shape index (κ3) is 7.93. The number of nitrogens with zero attached hydrogens (tertiary/aromatic N) is 2. The Morgan fingerprint density at radius 1 is 1.09 bits per heavy atom. The van der Waals surface area contributed by atoms with Gasteiger partial charge in [0.2, 0.25) is 5.91 Å². The molecular formula is C32H39ClFN5O5. The van der Waals surface area contributed by atoms with Gasteiger partial charge in [-0.25, -0.2) is 14.2 Å². The second-order valence-electron chi connectivity index (χ2n) is 12.5. The smallest absolute Gasteiger partial charge is 0.408 e. The van der Waals surface area contributed by atoms with Crippen molar-refractivity contribution in [3.05, 3.63) is 46.9 Å². The molecule has 2 amide bonds. The molecule has 236 valence electrons. The maximum Gasteiger partial charge on any atom is 0.408 e. The Kier molecular flexibility index (Phi) is 9.98. The summed E-state index contributed by atoms with van der Waals surface area (Å²) < 4.78 is 19.6. The lowest BCUT2D eigenvalue weighted by atomic mass is 9.90. The standard InChI is InChI=1S/C32H39ClFN5O5/c1-16(2)26(39-31(43)44-32(4,5)6)30(42)37-20-9-7-19(8-10-20)36-27-21(17(3)40)15-35-25-12-11-24(38-28(25)27)18-13-22(33)29(41)23(34)14-18/h11-16,19-20,26,41H,7-10H2,1-6H3,(H,35,36)(H,37,42)(H,39,43). The Hall–Kier alpha value is -3.99. The van der Waals surface area contributed by atoms with Crippen LogP contribution in [0.3, 0.4) is 0 Å². The number of carbonyl (C=O) groups excluding carboxylic acids is 3. The molecule has 1 aliphatic rings. The van der Waals surface area contributed by atoms with Gasteiger partial charge >= 0.3 is 6.09 Å². The monoisotopic (exact) mass is 627 g/mol. The molecule has 0 spiro atoms. The molecule has 3 aromatic rings. The number of alkyl carbamates (subject to hydrolysis) is 1. The minimum Gasteiger partial charge on any atom is -0.504 e. The molecule has 0 radical (unpaired) electrons. The summed E-state index contributed by atoms with van der Waals surface area (Å²) in [5, 5.41) is 18.9. The molecule has 0 aliphatic heterocycles. The fraction of sp³-hybridized carbons (Fsp3) is 0.469. The fourth-order valence-corrected chi connectivity index (χ4v) is 5.41. The molecular weight excluding hydrogens is 589 g/mol. The first-order valence-corrected chi connectivity index (χ1v) is 15.1. The molecule has 4 rings (SSSR count). The van der Waals surface area contributed by atoms with Gasteiger partial charge in [-0.05, 0) is 83.6 Å². The number of amides is 2. The normalized spacial score (nSPS) is 17.7. The van der Waals surface area contributed by atoms with E-state index in [1.165, 1.54) is 19.2 Å². The molecule has 1 aliphatic carbocycles. The Labute approximate surface area is 261 Å². The first kappa shape index (κ1) is 32.9. The molecule has 44 heavy (non-hydrogen) atoms. The number of carbonyl (C=O) groups is 3. The maximum absolute atomic E-state index is 14.2. The number of benzene rings is 1. The summed E-state index contributed by atoms with van der Waals surface area (Å²) in [4.78, 5) is 47.1. The van der Waals surface area contributed by atoms with Gasteiger partial charge in [-0.3, -0.25) is 14.6 Å². The molecule has 2 heterocycles. The summed E-state index contributed by atoms with van der Waals surface area (Å²) in [6, 6.07) is 5.14. The first-order valence-electron chi connectivity index (χ1n) is 14.7. The summed E-state index contributed by atoms with van der Waals surface area (Å²) in [6.07, 6.45) is 3.65. The Morgan fingerprint density at radius 2 is 1.75 bits per heavy atom. The molecule has 10 nitrogen and oxygen atoms in total. The van der Waals surface area contributed by atoms with E-state index in [9.17, 15) is 23.9 Å². The van der Waals surface area contributed by atoms with Crippen molar-refractivity contribution >= 4 is 46.1 Å². The summed E-state index contributed by atoms with van der Waals surface area (Å²) in [7, 11) is 0. The highest BCUT2D eigenvalue weighted by Crippen LogP contribution is 2.34. The predicted molar refractivity (Wildman–Crippen MR) is 167 cm³/mol. The van der Waals surface area contributed by atoms with E-state index in [1.807, 2.05) is 13.8 Å². The Morgan fingerprint density at radius 3 is 2.34 bits per heavy atom. The minimum absolute atomic E-state index is 0.0151. The van der Waals surface area contributed by atoms with Gasteiger partial charge < -0.3 is 25.8 Å². The number of hydrogen-bond acceptors (Lipinski definition) is 8. The number of fused-ring (bicyclic) bond motifs is 1. The van der Waals surface area contributed by atoms with E-state index in [-0.39, 0.29) is 34.7 Å². The summed E-state index contributed by atoms with van der Waals surface area (Å²) in [5.74, 6) is -2.09. The van der Waals surface area contributed by atoms with Gasteiger partial charge in [0.15, 0.2) is 17.3 Å². The SMILES string of the molecule is CC(=O)c1cnc2ccc(-c3cc(F)c(O)c(Cl)c3)nc2c1NC1CCC(NC(=O)C(NC(=O)OC(C)(C)C)C(C)C)CC1. The number of aromatic nitrogens is 2. The van der Waals surface area contributed by atoms with Crippen LogP contribution in [0, 0.1) is 11.7 Å². The average molecular weight is 628 g/mol. The largest absolute Gasteiger partial charge is 0.504 e. The number of hydrogen-bond donors (Lipinski definition) is 4. The average Bonchev–Trinajstić information content (AvgIpc) is 2.94. The van der Waals surface area contributed by atoms with E-state index in [0.717, 1.165) is 6.07 Å². The lowest BCUT2D eigenvalue weighted by Crippen LogP contribution is -2.53. The summed E-state index contributed by atoms with van der Waals surface area (Å²) in [6.45, 7) is 10.5. The van der Waals surface area contributed by atoms with E-state index in [0.29, 0.717) is 59.2 Å². The zero-order valence-corrected chi connectivity index (χ0v) is 26.5. The predicted octanol–water partition coefficient (Wildman–Crippen LogP) is 6.39. The number of rotatable bonds is 8. The number of pyridine rings is 2. The van der Waals surface area contributed by atoms with Crippen molar-refractivity contribution in [2.45, 2.75) is 91.0 Å². The highest BCUT2D eigenvalue weighted by Gasteiger charge is 2.30. The molecule has 0 bridgehead atoms. The van der Waals surface area contributed by atoms with Gasteiger partial charge in [0.25, 0.3) is 0 Å². The van der Waals surface area contributed by atoms with E-state index in [4.69, 9.17) is 21.3 Å². The van der Waals surface area contributed by atoms with Crippen LogP contribution in [-0.4, -0.2) is 56.6 Å². The lowest BCUT2D eigenvalue weighted by molar-refractivity contribution is -0.125. The van der Waals surface area contributed by atoms with E-state index < -0.39 is 29.3 Å². The van der Waals surface area contributed by atoms with Gasteiger partial charge in [-0.15, -0.1) is 0 Å². The van der Waals surface area contributed by atoms with Crippen molar-refractivity contribution in [2.24, 2.45) is 5.92 Å². The number of aromatic hydroxyl groups is 1. The van der Waals surface area contributed by atoms with Gasteiger partial charge in [-0.1, -0.05) is 25.4 Å². The molecule has 0 saturated heterocycles. The molecule has 1 unspecified atom stereocenters. The topological polar surface area (TPSA) is 143 Å². The number of Topliss-reactive ketones (excluding diaryl/α,β-unsaturated/α-hetero) is 1. The quantitative estimate of drug-likeness (QED) is 0.211. The van der Waals surface area contributed by atoms with Gasteiger partial charge in [-0.2, -0.15) is 0 Å². The highest BCUT2D eigenvalue weighted by atomic mass is 35.5. The van der Waals surface area contributed by atoms with E-state index in [1.54, 1.807) is 32.9 Å². The van der Waals surface area contributed by atoms with Crippen molar-refractivity contribution < 1.29 is 28.6 Å². The van der Waals surface area contributed by atoms with Crippen LogP contribution in [-0.2, 0) is 9.53 Å². The molecule has 1 saturated carbocycles. The van der Waals surface area contributed by atoms with Gasteiger partial charge in [0.05, 0.1) is 27.5 Å². The number of ether oxygens (including phenoxy) is 1. The third-order valence-electron chi connectivity index (χ3n) is 7.45. The van der Waals surface area contributed by atoms with Crippen molar-refractivity contribution in [3.8, 4) is 17.0 Å². The molecule has 1 fully saturated rings. The first-order chi connectivity index (χ1) is 20.6. The maximum atomic E-state index is 14.2. The minimum atomic E-state index is -0.868. The molecule has 4 N–H and O–H groups in total. The Balaban J connectivity index is 1.49. The van der Waals surface area contributed by atoms with Crippen LogP contribution >= 0.6 is 11.6 Å². The van der Waals surface area contributed by atoms with Crippen LogP contribution in [0.2, 0.25) is 5.02 Å². The zero-order valence-electron chi connectivity index (χ0n) is 25.8. The van der Waals surface area contributed by atoms with Crippen LogP contribution < -0.4 is 16.0 Å². The molecule has 1 aromatic carbocycles. The van der Waals surface area contributed by atoms with Crippen LogP contribution in [0.15, 0.2) is 30.5 Å². The number of nitrogens with one attached hydrogen (secondary N) is 3. The number of ketones is 1. The molecule has 2 aromatic heterocycles. The van der Waals surface area contributed by atoms with Gasteiger partial charge in [0.1, 0.15) is 17.2 Å². The number of phenolic OH excluding ortho intramolecular Hbond substituents is 1. The van der Waals surface area contributed by atoms with E-state index in [2.05, 4.69) is 20.9 Å². The molecule has 1 atom stereocenters. The Bertz CT molecular complexity index is 1540. The van der Waals surface area contributed by atoms with Crippen LogP contribution in [0.5, 0.6) is 5.75 Å². The second-order valence-corrected chi connectivity index (χ2v) is 12.9. The van der Waals surface area contributed by atoms with Crippen molar-refractivity contribution in [1.82, 2.24) is 20.6 Å². The van der Waals surface area contributed by atoms with Crippen LogP contribution in [0.25, 0.3) is 22.3 Å². The third-order valence-corrected chi connectivity index (χ3v) is 7.74. The summed E-state index contributed by atoms with van der Waals surface area (Å²) in [5.41, 5.74) is 1.99. The highest BCUT2D eigenvalue weighted by molar-refractivity contribution is 6.32. The summed E-state index contributed by atoms with van der Waals surface area (Å²) >= 11 is 6.00. The number of phenols is 1. The fourth-order valence-electron chi connectivity index (χ4n) is 5.20.